The van der Waals surface area contributed by atoms with E-state index in [1.54, 1.807) is 0 Å². The summed E-state index contributed by atoms with van der Waals surface area (Å²) in [5.74, 6) is 0.579. The number of rotatable bonds is 3. The van der Waals surface area contributed by atoms with Gasteiger partial charge >= 0.3 is 0 Å². The predicted octanol–water partition coefficient (Wildman–Crippen LogP) is 13.1. The maximum Gasteiger partial charge on any atom is 0.228 e. The van der Waals surface area contributed by atoms with Crippen LogP contribution in [0.1, 0.15) is 25.0 Å². The highest BCUT2D eigenvalue weighted by Gasteiger charge is 2.36. The van der Waals surface area contributed by atoms with E-state index < -0.39 is 0 Å². The maximum atomic E-state index is 6.59. The standard InChI is InChI=1S/C49H32N2O/c1-49(2)42-27-36(18-20-39(42)41-25-33-8-3-4-9-34(33)26-43(41)49)32-12-7-11-31(22-32)35-17-15-29-14-16-30-19-21-45-47(46(30)40(29)24-35)52-48(51-45)38-23-37-10-5-6-13-44(37)50-28-38/h3-28H,1-2H3. The van der Waals surface area contributed by atoms with Gasteiger partial charge in [0.05, 0.1) is 11.1 Å². The van der Waals surface area contributed by atoms with Gasteiger partial charge in [-0.3, -0.25) is 4.98 Å². The van der Waals surface area contributed by atoms with Crippen LogP contribution >= 0.6 is 0 Å². The second kappa shape index (κ2) is 10.7. The molecule has 1 aliphatic carbocycles. The molecule has 11 rings (SSSR count). The number of hydrogen-bond donors (Lipinski definition) is 0. The largest absolute Gasteiger partial charge is 0.435 e. The molecule has 52 heavy (non-hydrogen) atoms. The highest BCUT2D eigenvalue weighted by atomic mass is 16.3. The molecule has 10 aromatic rings. The molecule has 0 fully saturated rings. The molecule has 0 unspecified atom stereocenters. The molecule has 0 amide bonds. The number of pyridine rings is 1. The van der Waals surface area contributed by atoms with Crippen molar-refractivity contribution in [2.45, 2.75) is 19.3 Å². The number of para-hydroxylation sites is 1. The van der Waals surface area contributed by atoms with Crippen LogP contribution in [0.15, 0.2) is 162 Å². The average Bonchev–Trinajstić information content (AvgIpc) is 3.73. The van der Waals surface area contributed by atoms with E-state index in [4.69, 9.17) is 9.40 Å². The number of fused-ring (bicyclic) bond motifs is 10. The highest BCUT2D eigenvalue weighted by molar-refractivity contribution is 6.18. The van der Waals surface area contributed by atoms with E-state index in [9.17, 15) is 0 Å². The summed E-state index contributed by atoms with van der Waals surface area (Å²) in [7, 11) is 0. The molecule has 3 nitrogen and oxygen atoms in total. The van der Waals surface area contributed by atoms with Crippen molar-refractivity contribution in [2.24, 2.45) is 0 Å². The average molecular weight is 665 g/mol. The van der Waals surface area contributed by atoms with Gasteiger partial charge in [-0.15, -0.1) is 0 Å². The zero-order chi connectivity index (χ0) is 34.6. The Labute approximate surface area is 300 Å². The summed E-state index contributed by atoms with van der Waals surface area (Å²) in [6.45, 7) is 4.72. The van der Waals surface area contributed by atoms with Crippen LogP contribution in [0.3, 0.4) is 0 Å². The topological polar surface area (TPSA) is 38.9 Å². The van der Waals surface area contributed by atoms with E-state index in [-0.39, 0.29) is 5.41 Å². The monoisotopic (exact) mass is 664 g/mol. The number of nitrogens with zero attached hydrogens (tertiary/aromatic N) is 2. The molecule has 8 aromatic carbocycles. The lowest BCUT2D eigenvalue weighted by atomic mass is 9.81. The van der Waals surface area contributed by atoms with E-state index in [1.165, 1.54) is 55.1 Å². The van der Waals surface area contributed by atoms with Crippen molar-refractivity contribution in [3.63, 3.8) is 0 Å². The third kappa shape index (κ3) is 4.32. The lowest BCUT2D eigenvalue weighted by molar-refractivity contribution is 0.623. The van der Waals surface area contributed by atoms with E-state index in [2.05, 4.69) is 152 Å². The van der Waals surface area contributed by atoms with Gasteiger partial charge in [-0.1, -0.05) is 117 Å². The van der Waals surface area contributed by atoms with Gasteiger partial charge in [-0.05, 0) is 120 Å². The third-order valence-corrected chi connectivity index (χ3v) is 11.3. The van der Waals surface area contributed by atoms with Gasteiger partial charge in [0.15, 0.2) is 5.58 Å². The Morgan fingerprint density at radius 1 is 0.462 bits per heavy atom. The zero-order valence-corrected chi connectivity index (χ0v) is 28.8. The molecule has 2 heterocycles. The Balaban J connectivity index is 1.01. The minimum atomic E-state index is -0.0849. The SMILES string of the molecule is CC1(C)c2cc(-c3cccc(-c4ccc5ccc6ccc7nc(-c8cnc9ccccc9c8)oc7c6c5c4)c3)ccc2-c2cc3ccccc3cc21. The van der Waals surface area contributed by atoms with Crippen molar-refractivity contribution in [1.82, 2.24) is 9.97 Å². The van der Waals surface area contributed by atoms with Crippen LogP contribution in [-0.2, 0) is 5.41 Å². The molecule has 0 spiro atoms. The molecule has 3 heteroatoms. The normalized spacial score (nSPS) is 13.3. The summed E-state index contributed by atoms with van der Waals surface area (Å²) in [6.07, 6.45) is 1.85. The zero-order valence-electron chi connectivity index (χ0n) is 28.8. The smallest absolute Gasteiger partial charge is 0.228 e. The van der Waals surface area contributed by atoms with Crippen LogP contribution in [0.25, 0.3) is 99.2 Å². The molecule has 2 aromatic heterocycles. The van der Waals surface area contributed by atoms with Gasteiger partial charge in [0.25, 0.3) is 0 Å². The summed E-state index contributed by atoms with van der Waals surface area (Å²) in [5.41, 5.74) is 13.6. The van der Waals surface area contributed by atoms with Crippen LogP contribution in [-0.4, -0.2) is 9.97 Å². The molecular weight excluding hydrogens is 633 g/mol. The van der Waals surface area contributed by atoms with E-state index in [0.717, 1.165) is 49.3 Å². The van der Waals surface area contributed by atoms with Crippen molar-refractivity contribution in [3.8, 4) is 44.8 Å². The van der Waals surface area contributed by atoms with Crippen molar-refractivity contribution in [3.05, 3.63) is 169 Å². The Hall–Kier alpha value is -6.58. The summed E-state index contributed by atoms with van der Waals surface area (Å²) < 4.78 is 6.59. The molecule has 0 bridgehead atoms. The lowest BCUT2D eigenvalue weighted by Crippen LogP contribution is -2.15. The highest BCUT2D eigenvalue weighted by Crippen LogP contribution is 2.51. The van der Waals surface area contributed by atoms with E-state index in [0.29, 0.717) is 5.89 Å². The van der Waals surface area contributed by atoms with Gasteiger partial charge in [0.1, 0.15) is 5.52 Å². The van der Waals surface area contributed by atoms with Crippen LogP contribution in [0, 0.1) is 0 Å². The summed E-state index contributed by atoms with van der Waals surface area (Å²) in [4.78, 5) is 9.59. The fourth-order valence-corrected chi connectivity index (χ4v) is 8.49. The minimum Gasteiger partial charge on any atom is -0.435 e. The van der Waals surface area contributed by atoms with Gasteiger partial charge in [-0.2, -0.15) is 0 Å². The first-order valence-electron chi connectivity index (χ1n) is 17.9. The Morgan fingerprint density at radius 3 is 2.00 bits per heavy atom. The van der Waals surface area contributed by atoms with Crippen LogP contribution < -0.4 is 0 Å². The molecular formula is C49H32N2O. The molecule has 0 radical (unpaired) electrons. The minimum absolute atomic E-state index is 0.0849. The quantitative estimate of drug-likeness (QED) is 0.176. The first-order valence-corrected chi connectivity index (χ1v) is 17.9. The van der Waals surface area contributed by atoms with Crippen LogP contribution in [0.5, 0.6) is 0 Å². The van der Waals surface area contributed by atoms with E-state index in [1.807, 2.05) is 24.4 Å². The maximum absolute atomic E-state index is 6.59. The van der Waals surface area contributed by atoms with Gasteiger partial charge in [0.2, 0.25) is 5.89 Å². The van der Waals surface area contributed by atoms with Crippen molar-refractivity contribution in [2.75, 3.05) is 0 Å². The first-order chi connectivity index (χ1) is 25.5. The predicted molar refractivity (Wildman–Crippen MR) is 216 cm³/mol. The second-order valence-corrected chi connectivity index (χ2v) is 14.7. The summed E-state index contributed by atoms with van der Waals surface area (Å²) in [6, 6.07) is 55.0. The van der Waals surface area contributed by atoms with Crippen molar-refractivity contribution >= 4 is 54.3 Å². The number of benzene rings is 8. The van der Waals surface area contributed by atoms with Gasteiger partial charge in [-0.25, -0.2) is 4.98 Å². The molecule has 0 aliphatic heterocycles. The molecule has 0 N–H and O–H groups in total. The fourth-order valence-electron chi connectivity index (χ4n) is 8.49. The Bertz CT molecular complexity index is 3110. The van der Waals surface area contributed by atoms with E-state index >= 15 is 0 Å². The van der Waals surface area contributed by atoms with Crippen LogP contribution in [0.2, 0.25) is 0 Å². The third-order valence-electron chi connectivity index (χ3n) is 11.3. The fraction of sp³-hybridized carbons (Fsp3) is 0.0612. The van der Waals surface area contributed by atoms with Gasteiger partial charge < -0.3 is 4.42 Å². The molecule has 0 saturated heterocycles. The lowest BCUT2D eigenvalue weighted by Gasteiger charge is -2.22. The number of hydrogen-bond acceptors (Lipinski definition) is 3. The molecule has 0 saturated carbocycles. The Kier molecular flexibility index (Phi) is 6.01. The molecule has 1 aliphatic rings. The molecule has 0 atom stereocenters. The van der Waals surface area contributed by atoms with Crippen molar-refractivity contribution in [1.29, 1.82) is 0 Å². The van der Waals surface area contributed by atoms with Crippen molar-refractivity contribution < 1.29 is 4.42 Å². The summed E-state index contributed by atoms with van der Waals surface area (Å²) in [5, 5.41) is 8.16. The van der Waals surface area contributed by atoms with Crippen LogP contribution in [0.4, 0.5) is 0 Å². The summed E-state index contributed by atoms with van der Waals surface area (Å²) >= 11 is 0. The first kappa shape index (κ1) is 29.2. The number of aromatic nitrogens is 2. The Morgan fingerprint density at radius 2 is 1.13 bits per heavy atom. The van der Waals surface area contributed by atoms with Gasteiger partial charge in [0, 0.05) is 22.4 Å². The second-order valence-electron chi connectivity index (χ2n) is 14.7. The number of oxazole rings is 1. The molecule has 244 valence electrons.